The van der Waals surface area contributed by atoms with Crippen molar-refractivity contribution in [2.24, 2.45) is 0 Å². The van der Waals surface area contributed by atoms with Crippen LogP contribution in [0.1, 0.15) is 31.4 Å². The Morgan fingerprint density at radius 2 is 2.08 bits per heavy atom. The van der Waals surface area contributed by atoms with E-state index in [1.165, 1.54) is 11.1 Å². The SMILES string of the molecule is [CH2]C(C)(CC)c1cccc(C)c1. The van der Waals surface area contributed by atoms with E-state index in [1.54, 1.807) is 0 Å². The van der Waals surface area contributed by atoms with Crippen LogP contribution >= 0.6 is 0 Å². The first-order valence-corrected chi connectivity index (χ1v) is 4.49. The molecule has 1 unspecified atom stereocenters. The maximum atomic E-state index is 4.20. The quantitative estimate of drug-likeness (QED) is 0.622. The van der Waals surface area contributed by atoms with Gasteiger partial charge in [0.15, 0.2) is 0 Å². The van der Waals surface area contributed by atoms with Crippen molar-refractivity contribution in [1.29, 1.82) is 0 Å². The molecule has 65 valence electrons. The molecule has 12 heavy (non-hydrogen) atoms. The summed E-state index contributed by atoms with van der Waals surface area (Å²) in [6.45, 7) is 10.7. The summed E-state index contributed by atoms with van der Waals surface area (Å²) in [5.74, 6) is 0. The molecule has 0 amide bonds. The molecule has 0 fully saturated rings. The monoisotopic (exact) mass is 161 g/mol. The van der Waals surface area contributed by atoms with Gasteiger partial charge in [-0.25, -0.2) is 0 Å². The molecule has 1 rings (SSSR count). The number of benzene rings is 1. The molecule has 1 aromatic carbocycles. The Kier molecular flexibility index (Phi) is 2.56. The fraction of sp³-hybridized carbons (Fsp3) is 0.417. The summed E-state index contributed by atoms with van der Waals surface area (Å²) >= 11 is 0. The summed E-state index contributed by atoms with van der Waals surface area (Å²) in [4.78, 5) is 0. The van der Waals surface area contributed by atoms with Crippen LogP contribution in [0.2, 0.25) is 0 Å². The van der Waals surface area contributed by atoms with Crippen LogP contribution in [0.3, 0.4) is 0 Å². The summed E-state index contributed by atoms with van der Waals surface area (Å²) in [6.07, 6.45) is 1.08. The number of hydrogen-bond acceptors (Lipinski definition) is 0. The minimum absolute atomic E-state index is 0.0754. The van der Waals surface area contributed by atoms with Crippen LogP contribution in [0.4, 0.5) is 0 Å². The van der Waals surface area contributed by atoms with Crippen molar-refractivity contribution in [2.75, 3.05) is 0 Å². The summed E-state index contributed by atoms with van der Waals surface area (Å²) in [5.41, 5.74) is 2.73. The van der Waals surface area contributed by atoms with Crippen molar-refractivity contribution >= 4 is 0 Å². The van der Waals surface area contributed by atoms with E-state index in [4.69, 9.17) is 0 Å². The van der Waals surface area contributed by atoms with E-state index in [0.717, 1.165) is 6.42 Å². The van der Waals surface area contributed by atoms with E-state index < -0.39 is 0 Å². The smallest absolute Gasteiger partial charge is 0.00775 e. The van der Waals surface area contributed by atoms with Gasteiger partial charge in [0.25, 0.3) is 0 Å². The van der Waals surface area contributed by atoms with Gasteiger partial charge in [-0.1, -0.05) is 43.7 Å². The molecule has 0 aliphatic carbocycles. The first kappa shape index (κ1) is 9.31. The van der Waals surface area contributed by atoms with Crippen molar-refractivity contribution in [3.8, 4) is 0 Å². The standard InChI is InChI=1S/C12H17/c1-5-12(3,4)11-8-6-7-10(2)9-11/h6-9H,3,5H2,1-2,4H3. The van der Waals surface area contributed by atoms with Crippen LogP contribution < -0.4 is 0 Å². The van der Waals surface area contributed by atoms with Crippen molar-refractivity contribution in [2.45, 2.75) is 32.6 Å². The van der Waals surface area contributed by atoms with Gasteiger partial charge in [0.2, 0.25) is 0 Å². The zero-order valence-corrected chi connectivity index (χ0v) is 8.22. The molecule has 0 N–H and O–H groups in total. The summed E-state index contributed by atoms with van der Waals surface area (Å²) in [6, 6.07) is 8.60. The largest absolute Gasteiger partial charge is 0.0645 e. The molecule has 1 aromatic rings. The topological polar surface area (TPSA) is 0 Å². The first-order chi connectivity index (χ1) is 5.56. The van der Waals surface area contributed by atoms with E-state index in [1.807, 2.05) is 0 Å². The highest BCUT2D eigenvalue weighted by atomic mass is 14.2. The second-order valence-electron chi connectivity index (χ2n) is 3.78. The van der Waals surface area contributed by atoms with Crippen molar-refractivity contribution in [3.63, 3.8) is 0 Å². The summed E-state index contributed by atoms with van der Waals surface area (Å²) < 4.78 is 0. The highest BCUT2D eigenvalue weighted by Crippen LogP contribution is 2.26. The van der Waals surface area contributed by atoms with Gasteiger partial charge in [0.1, 0.15) is 0 Å². The van der Waals surface area contributed by atoms with Crippen LogP contribution in [0.15, 0.2) is 24.3 Å². The second kappa shape index (κ2) is 3.30. The third kappa shape index (κ3) is 1.88. The van der Waals surface area contributed by atoms with Gasteiger partial charge in [0.05, 0.1) is 0 Å². The molecule has 0 spiro atoms. The Balaban J connectivity index is 3.03. The number of rotatable bonds is 2. The molecular weight excluding hydrogens is 144 g/mol. The lowest BCUT2D eigenvalue weighted by Crippen LogP contribution is -2.15. The van der Waals surface area contributed by atoms with Crippen LogP contribution in [0.25, 0.3) is 0 Å². The van der Waals surface area contributed by atoms with Gasteiger partial charge in [0, 0.05) is 0 Å². The van der Waals surface area contributed by atoms with Crippen LogP contribution in [0.5, 0.6) is 0 Å². The molecule has 0 aliphatic rings. The van der Waals surface area contributed by atoms with Crippen LogP contribution in [-0.2, 0) is 5.41 Å². The van der Waals surface area contributed by atoms with Crippen LogP contribution in [-0.4, -0.2) is 0 Å². The van der Waals surface area contributed by atoms with Gasteiger partial charge in [-0.3, -0.25) is 0 Å². The van der Waals surface area contributed by atoms with Crippen molar-refractivity contribution in [3.05, 3.63) is 42.3 Å². The fourth-order valence-electron chi connectivity index (χ4n) is 1.22. The third-order valence-electron chi connectivity index (χ3n) is 2.50. The van der Waals surface area contributed by atoms with Crippen LogP contribution in [0, 0.1) is 13.8 Å². The zero-order valence-electron chi connectivity index (χ0n) is 8.22. The van der Waals surface area contributed by atoms with Gasteiger partial charge >= 0.3 is 0 Å². The number of aryl methyl sites for hydroxylation is 1. The Morgan fingerprint density at radius 3 is 2.58 bits per heavy atom. The first-order valence-electron chi connectivity index (χ1n) is 4.49. The predicted molar refractivity (Wildman–Crippen MR) is 54.2 cm³/mol. The maximum absolute atomic E-state index is 4.20. The van der Waals surface area contributed by atoms with Gasteiger partial charge in [-0.05, 0) is 31.2 Å². The molecule has 0 aliphatic heterocycles. The minimum Gasteiger partial charge on any atom is -0.0645 e. The molecule has 0 nitrogen and oxygen atoms in total. The molecular formula is C12H17. The predicted octanol–water partition coefficient (Wildman–Crippen LogP) is 3.50. The molecule has 0 saturated heterocycles. The Morgan fingerprint density at radius 1 is 1.42 bits per heavy atom. The van der Waals surface area contributed by atoms with Gasteiger partial charge in [-0.15, -0.1) is 0 Å². The molecule has 1 atom stereocenters. The number of hydrogen-bond donors (Lipinski definition) is 0. The summed E-state index contributed by atoms with van der Waals surface area (Å²) in [5, 5.41) is 0. The minimum atomic E-state index is 0.0754. The third-order valence-corrected chi connectivity index (χ3v) is 2.50. The Labute approximate surface area is 75.6 Å². The normalized spacial score (nSPS) is 11.7. The molecule has 0 saturated carbocycles. The molecule has 1 radical (unpaired) electrons. The average Bonchev–Trinajstić information content (AvgIpc) is 2.05. The van der Waals surface area contributed by atoms with E-state index in [9.17, 15) is 0 Å². The van der Waals surface area contributed by atoms with Gasteiger partial charge < -0.3 is 0 Å². The average molecular weight is 161 g/mol. The lowest BCUT2D eigenvalue weighted by atomic mass is 9.82. The highest BCUT2D eigenvalue weighted by Gasteiger charge is 2.17. The summed E-state index contributed by atoms with van der Waals surface area (Å²) in [7, 11) is 0. The van der Waals surface area contributed by atoms with E-state index in [-0.39, 0.29) is 5.41 Å². The second-order valence-corrected chi connectivity index (χ2v) is 3.78. The molecule has 0 aromatic heterocycles. The van der Waals surface area contributed by atoms with E-state index in [2.05, 4.69) is 52.0 Å². The maximum Gasteiger partial charge on any atom is -0.00775 e. The van der Waals surface area contributed by atoms with Crippen molar-refractivity contribution in [1.82, 2.24) is 0 Å². The van der Waals surface area contributed by atoms with E-state index >= 15 is 0 Å². The highest BCUT2D eigenvalue weighted by molar-refractivity contribution is 5.29. The Bertz CT molecular complexity index is 258. The molecule has 0 heteroatoms. The lowest BCUT2D eigenvalue weighted by Gasteiger charge is -2.23. The van der Waals surface area contributed by atoms with E-state index in [0.29, 0.717) is 0 Å². The van der Waals surface area contributed by atoms with Gasteiger partial charge in [-0.2, -0.15) is 0 Å². The van der Waals surface area contributed by atoms with Crippen molar-refractivity contribution < 1.29 is 0 Å². The Hall–Kier alpha value is -0.780. The lowest BCUT2D eigenvalue weighted by molar-refractivity contribution is 0.567. The molecule has 0 bridgehead atoms. The zero-order chi connectivity index (χ0) is 9.19. The molecule has 0 heterocycles. The fourth-order valence-corrected chi connectivity index (χ4v) is 1.22.